The van der Waals surface area contributed by atoms with Crippen molar-refractivity contribution in [3.8, 4) is 5.75 Å². The first-order chi connectivity index (χ1) is 15.9. The Morgan fingerprint density at radius 1 is 1.21 bits per heavy atom. The number of carbonyl (C=O) groups is 2. The van der Waals surface area contributed by atoms with Crippen molar-refractivity contribution >= 4 is 29.1 Å². The largest absolute Gasteiger partial charge is 0.573 e. The van der Waals surface area contributed by atoms with Gasteiger partial charge < -0.3 is 14.8 Å². The molecule has 1 aliphatic rings. The first-order valence-corrected chi connectivity index (χ1v) is 9.80. The van der Waals surface area contributed by atoms with Crippen molar-refractivity contribution in [2.75, 3.05) is 18.1 Å². The highest BCUT2D eigenvalue weighted by atomic mass is 35.5. The topological polar surface area (TPSA) is 93.6 Å². The molecule has 1 unspecified atom stereocenters. The normalized spacial score (nSPS) is 19.2. The van der Waals surface area contributed by atoms with Gasteiger partial charge in [-0.05, 0) is 24.3 Å². The van der Waals surface area contributed by atoms with Crippen LogP contribution in [-0.4, -0.2) is 59.0 Å². The zero-order valence-electron chi connectivity index (χ0n) is 16.8. The van der Waals surface area contributed by atoms with Crippen molar-refractivity contribution in [2.24, 2.45) is 0 Å². The Morgan fingerprint density at radius 2 is 1.82 bits per heavy atom. The lowest BCUT2D eigenvalue weighted by molar-refractivity contribution is -0.274. The molecule has 15 heteroatoms. The lowest BCUT2D eigenvalue weighted by Gasteiger charge is -2.32. The van der Waals surface area contributed by atoms with Crippen LogP contribution in [0.5, 0.6) is 5.75 Å². The molecule has 0 bridgehead atoms. The number of halogens is 7. The number of amides is 2. The maximum atomic E-state index is 14.0. The number of rotatable bonds is 7. The van der Waals surface area contributed by atoms with Gasteiger partial charge in [0.15, 0.2) is 0 Å². The Balaban J connectivity index is 2.02. The van der Waals surface area contributed by atoms with E-state index < -0.39 is 60.8 Å². The number of carbonyl (C=O) groups excluding carboxylic acids is 2. The van der Waals surface area contributed by atoms with Crippen molar-refractivity contribution in [1.29, 1.82) is 0 Å². The lowest BCUT2D eigenvalue weighted by Crippen LogP contribution is -2.52. The van der Waals surface area contributed by atoms with E-state index >= 15 is 0 Å². The van der Waals surface area contributed by atoms with Gasteiger partial charge in [0.2, 0.25) is 5.91 Å². The van der Waals surface area contributed by atoms with Crippen LogP contribution in [0.25, 0.3) is 0 Å². The summed E-state index contributed by atoms with van der Waals surface area (Å²) in [5.41, 5.74) is -3.10. The van der Waals surface area contributed by atoms with E-state index in [2.05, 4.69) is 24.8 Å². The molecule has 8 nitrogen and oxygen atoms in total. The third-order valence-corrected chi connectivity index (χ3v) is 4.77. The van der Waals surface area contributed by atoms with E-state index in [1.807, 2.05) is 0 Å². The SMILES string of the molecule is O=C(N[C@@H]1COCC1(F)F)C(c1cncnc1)N(C(=O)[C@H](F)Cl)c1ccc(OC(F)(F)F)cc1. The third-order valence-electron chi connectivity index (χ3n) is 4.58. The number of hydrogen-bond donors (Lipinski definition) is 1. The van der Waals surface area contributed by atoms with Crippen LogP contribution in [0.15, 0.2) is 43.0 Å². The van der Waals surface area contributed by atoms with Gasteiger partial charge >= 0.3 is 6.36 Å². The minimum Gasteiger partial charge on any atom is -0.406 e. The maximum Gasteiger partial charge on any atom is 0.573 e. The van der Waals surface area contributed by atoms with Crippen LogP contribution in [0.3, 0.4) is 0 Å². The Bertz CT molecular complexity index is 1010. The van der Waals surface area contributed by atoms with E-state index in [1.54, 1.807) is 0 Å². The molecule has 1 N–H and O–H groups in total. The number of benzene rings is 1. The van der Waals surface area contributed by atoms with Crippen LogP contribution in [0.1, 0.15) is 11.6 Å². The molecular weight excluding hydrogens is 498 g/mol. The molecule has 34 heavy (non-hydrogen) atoms. The van der Waals surface area contributed by atoms with Gasteiger partial charge in [-0.25, -0.2) is 23.1 Å². The van der Waals surface area contributed by atoms with Crippen molar-refractivity contribution in [3.63, 3.8) is 0 Å². The molecule has 0 radical (unpaired) electrons. The van der Waals surface area contributed by atoms with Crippen molar-refractivity contribution < 1.29 is 45.4 Å². The molecule has 1 aliphatic heterocycles. The van der Waals surface area contributed by atoms with E-state index in [0.717, 1.165) is 43.0 Å². The van der Waals surface area contributed by atoms with Crippen LogP contribution in [0.2, 0.25) is 0 Å². The molecule has 0 saturated carbocycles. The molecule has 2 aromatic rings. The van der Waals surface area contributed by atoms with Gasteiger partial charge in [-0.15, -0.1) is 13.2 Å². The van der Waals surface area contributed by atoms with Gasteiger partial charge in [0.25, 0.3) is 17.5 Å². The number of anilines is 1. The first kappa shape index (κ1) is 25.5. The summed E-state index contributed by atoms with van der Waals surface area (Å²) < 4.78 is 87.7. The van der Waals surface area contributed by atoms with Crippen LogP contribution in [0.4, 0.5) is 32.0 Å². The molecule has 1 aromatic heterocycles. The van der Waals surface area contributed by atoms with Crippen molar-refractivity contribution in [2.45, 2.75) is 30.0 Å². The quantitative estimate of drug-likeness (QED) is 0.453. The summed E-state index contributed by atoms with van der Waals surface area (Å²) in [7, 11) is 0. The third kappa shape index (κ3) is 6.05. The highest BCUT2D eigenvalue weighted by Gasteiger charge is 2.48. The predicted octanol–water partition coefficient (Wildman–Crippen LogP) is 3.13. The lowest BCUT2D eigenvalue weighted by atomic mass is 10.0. The molecular formula is C19H15ClF6N4O4. The van der Waals surface area contributed by atoms with Gasteiger partial charge in [0.05, 0.1) is 6.61 Å². The van der Waals surface area contributed by atoms with E-state index in [4.69, 9.17) is 11.6 Å². The highest BCUT2D eigenvalue weighted by Crippen LogP contribution is 2.33. The first-order valence-electron chi connectivity index (χ1n) is 9.37. The minimum absolute atomic E-state index is 0.122. The van der Waals surface area contributed by atoms with E-state index in [9.17, 15) is 35.9 Å². The molecule has 1 saturated heterocycles. The summed E-state index contributed by atoms with van der Waals surface area (Å²) in [6.45, 7) is -1.48. The van der Waals surface area contributed by atoms with Crippen molar-refractivity contribution in [1.82, 2.24) is 15.3 Å². The molecule has 0 aliphatic carbocycles. The fourth-order valence-electron chi connectivity index (χ4n) is 3.12. The molecule has 3 atom stereocenters. The average molecular weight is 513 g/mol. The fraction of sp³-hybridized carbons (Fsp3) is 0.368. The smallest absolute Gasteiger partial charge is 0.406 e. The van der Waals surface area contributed by atoms with Gasteiger partial charge in [-0.3, -0.25) is 14.5 Å². The molecule has 3 rings (SSSR count). The number of nitrogens with one attached hydrogen (secondary N) is 1. The molecule has 184 valence electrons. The zero-order valence-corrected chi connectivity index (χ0v) is 17.6. The molecule has 1 aromatic carbocycles. The van der Waals surface area contributed by atoms with Crippen LogP contribution in [-0.2, 0) is 14.3 Å². The Hall–Kier alpha value is -3.13. The van der Waals surface area contributed by atoms with Crippen LogP contribution in [0, 0.1) is 0 Å². The summed E-state index contributed by atoms with van der Waals surface area (Å²) in [4.78, 5) is 33.7. The highest BCUT2D eigenvalue weighted by molar-refractivity contribution is 6.32. The Kier molecular flexibility index (Phi) is 7.51. The second kappa shape index (κ2) is 10.0. The Morgan fingerprint density at radius 3 is 2.32 bits per heavy atom. The zero-order chi connectivity index (χ0) is 25.1. The summed E-state index contributed by atoms with van der Waals surface area (Å²) in [6.07, 6.45) is -1.78. The molecule has 1 fully saturated rings. The van der Waals surface area contributed by atoms with E-state index in [0.29, 0.717) is 4.90 Å². The van der Waals surface area contributed by atoms with Crippen molar-refractivity contribution in [3.05, 3.63) is 48.5 Å². The van der Waals surface area contributed by atoms with E-state index in [1.165, 1.54) is 0 Å². The summed E-state index contributed by atoms with van der Waals surface area (Å²) >= 11 is 5.31. The number of alkyl halides is 7. The van der Waals surface area contributed by atoms with Gasteiger partial charge in [-0.2, -0.15) is 0 Å². The number of hydrogen-bond acceptors (Lipinski definition) is 6. The molecule has 2 amide bonds. The van der Waals surface area contributed by atoms with Gasteiger partial charge in [-0.1, -0.05) is 11.6 Å². The number of nitrogens with zero attached hydrogens (tertiary/aromatic N) is 3. The fourth-order valence-corrected chi connectivity index (χ4v) is 3.23. The molecule has 0 spiro atoms. The number of aromatic nitrogens is 2. The Labute approximate surface area is 192 Å². The predicted molar refractivity (Wildman–Crippen MR) is 104 cm³/mol. The minimum atomic E-state index is -5.00. The summed E-state index contributed by atoms with van der Waals surface area (Å²) in [6, 6.07) is -0.120. The number of ether oxygens (including phenoxy) is 2. The summed E-state index contributed by atoms with van der Waals surface area (Å²) in [5, 5.41) is 2.05. The summed E-state index contributed by atoms with van der Waals surface area (Å²) in [5.74, 6) is -6.78. The van der Waals surface area contributed by atoms with Crippen LogP contribution < -0.4 is 15.0 Å². The average Bonchev–Trinajstić information content (AvgIpc) is 3.09. The van der Waals surface area contributed by atoms with Gasteiger partial charge in [0.1, 0.15) is 30.8 Å². The van der Waals surface area contributed by atoms with Crippen LogP contribution >= 0.6 is 11.6 Å². The monoisotopic (exact) mass is 512 g/mol. The van der Waals surface area contributed by atoms with E-state index in [-0.39, 0.29) is 11.3 Å². The standard InChI is InChI=1S/C19H15ClF6N4O4/c20-15(21)17(32)30(11-1-3-12(4-2-11)34-19(24,25)26)14(10-5-27-9-28-6-10)16(31)29-13-7-33-8-18(13,22)23/h1-6,9,13-15H,7-8H2,(H,29,31)/t13-,14?,15+/m1/s1. The molecule has 2 heterocycles. The maximum absolute atomic E-state index is 14.0. The second-order valence-corrected chi connectivity index (χ2v) is 7.35. The second-order valence-electron chi connectivity index (χ2n) is 6.96. The van der Waals surface area contributed by atoms with Gasteiger partial charge in [0, 0.05) is 23.6 Å².